The SMILES string of the molecule is CSCCCCCCNc1cnn(CC(C)C)c(=O)c1Br. The van der Waals surface area contributed by atoms with E-state index in [1.54, 1.807) is 6.20 Å². The number of aromatic nitrogens is 2. The molecule has 0 unspecified atom stereocenters. The third-order valence-corrected chi connectivity index (χ3v) is 4.58. The lowest BCUT2D eigenvalue weighted by atomic mass is 10.2. The number of anilines is 1. The molecule has 0 spiro atoms. The molecule has 0 fully saturated rings. The standard InChI is InChI=1S/C15H26BrN3OS/c1-12(2)11-19-15(20)14(16)13(10-18-19)17-8-6-4-5-7-9-21-3/h10,12,17H,4-9,11H2,1-3H3. The van der Waals surface area contributed by atoms with E-state index in [0.29, 0.717) is 16.9 Å². The molecule has 6 heteroatoms. The van der Waals surface area contributed by atoms with Crippen LogP contribution >= 0.6 is 27.7 Å². The van der Waals surface area contributed by atoms with Crippen molar-refractivity contribution in [3.8, 4) is 0 Å². The largest absolute Gasteiger partial charge is 0.383 e. The summed E-state index contributed by atoms with van der Waals surface area (Å²) >= 11 is 5.29. The fourth-order valence-electron chi connectivity index (χ4n) is 2.01. The van der Waals surface area contributed by atoms with Gasteiger partial charge in [0, 0.05) is 13.1 Å². The molecule has 0 saturated carbocycles. The van der Waals surface area contributed by atoms with Crippen LogP contribution in [-0.2, 0) is 6.54 Å². The van der Waals surface area contributed by atoms with E-state index in [9.17, 15) is 4.79 Å². The normalized spacial score (nSPS) is 11.1. The number of rotatable bonds is 10. The summed E-state index contributed by atoms with van der Waals surface area (Å²) in [7, 11) is 0. The second kappa shape index (κ2) is 10.3. The number of thioether (sulfide) groups is 1. The zero-order valence-corrected chi connectivity index (χ0v) is 15.6. The second-order valence-corrected chi connectivity index (χ2v) is 7.37. The maximum Gasteiger partial charge on any atom is 0.283 e. The van der Waals surface area contributed by atoms with E-state index in [2.05, 4.69) is 46.4 Å². The van der Waals surface area contributed by atoms with Crippen molar-refractivity contribution in [3.63, 3.8) is 0 Å². The Morgan fingerprint density at radius 1 is 1.33 bits per heavy atom. The summed E-state index contributed by atoms with van der Waals surface area (Å²) < 4.78 is 2.10. The molecule has 120 valence electrons. The van der Waals surface area contributed by atoms with Crippen LogP contribution in [-0.4, -0.2) is 28.3 Å². The monoisotopic (exact) mass is 375 g/mol. The van der Waals surface area contributed by atoms with Crippen molar-refractivity contribution < 1.29 is 0 Å². The summed E-state index contributed by atoms with van der Waals surface area (Å²) in [5, 5.41) is 7.52. The van der Waals surface area contributed by atoms with E-state index in [1.807, 2.05) is 11.8 Å². The molecule has 4 nitrogen and oxygen atoms in total. The van der Waals surface area contributed by atoms with Crippen molar-refractivity contribution in [3.05, 3.63) is 21.0 Å². The van der Waals surface area contributed by atoms with Gasteiger partial charge in [-0.2, -0.15) is 16.9 Å². The van der Waals surface area contributed by atoms with Crippen LogP contribution < -0.4 is 10.9 Å². The molecular formula is C15H26BrN3OS. The van der Waals surface area contributed by atoms with E-state index in [0.717, 1.165) is 18.7 Å². The van der Waals surface area contributed by atoms with Crippen LogP contribution in [0.15, 0.2) is 15.5 Å². The van der Waals surface area contributed by atoms with Gasteiger partial charge < -0.3 is 5.32 Å². The molecule has 0 saturated heterocycles. The molecule has 0 aliphatic carbocycles. The highest BCUT2D eigenvalue weighted by Crippen LogP contribution is 2.16. The molecule has 0 amide bonds. The van der Waals surface area contributed by atoms with Crippen molar-refractivity contribution in [2.45, 2.75) is 46.1 Å². The molecule has 0 aromatic carbocycles. The first-order valence-corrected chi connectivity index (χ1v) is 9.73. The third-order valence-electron chi connectivity index (χ3n) is 3.11. The predicted octanol–water partition coefficient (Wildman–Crippen LogP) is 4.00. The van der Waals surface area contributed by atoms with Gasteiger partial charge in [-0.15, -0.1) is 0 Å². The average molecular weight is 376 g/mol. The number of nitrogens with zero attached hydrogens (tertiary/aromatic N) is 2. The Morgan fingerprint density at radius 3 is 2.71 bits per heavy atom. The van der Waals surface area contributed by atoms with E-state index >= 15 is 0 Å². The smallest absolute Gasteiger partial charge is 0.283 e. The Hall–Kier alpha value is -0.490. The first-order chi connectivity index (χ1) is 10.1. The van der Waals surface area contributed by atoms with Gasteiger partial charge in [0.1, 0.15) is 4.47 Å². The summed E-state index contributed by atoms with van der Waals surface area (Å²) in [4.78, 5) is 12.1. The zero-order valence-electron chi connectivity index (χ0n) is 13.2. The predicted molar refractivity (Wildman–Crippen MR) is 96.4 cm³/mol. The minimum atomic E-state index is -0.0614. The summed E-state index contributed by atoms with van der Waals surface area (Å²) in [6, 6.07) is 0. The number of halogens is 1. The molecule has 1 rings (SSSR count). The number of hydrogen-bond acceptors (Lipinski definition) is 4. The van der Waals surface area contributed by atoms with Crippen LogP contribution in [0, 0.1) is 5.92 Å². The lowest BCUT2D eigenvalue weighted by molar-refractivity contribution is 0.462. The topological polar surface area (TPSA) is 46.9 Å². The Labute approximate surface area is 140 Å². The first kappa shape index (κ1) is 18.6. The molecule has 0 aliphatic heterocycles. The molecular weight excluding hydrogens is 350 g/mol. The van der Waals surface area contributed by atoms with Gasteiger partial charge >= 0.3 is 0 Å². The molecule has 0 aliphatic rings. The zero-order chi connectivity index (χ0) is 15.7. The molecule has 1 aromatic rings. The fourth-order valence-corrected chi connectivity index (χ4v) is 2.95. The van der Waals surface area contributed by atoms with E-state index in [-0.39, 0.29) is 5.56 Å². The van der Waals surface area contributed by atoms with E-state index < -0.39 is 0 Å². The van der Waals surface area contributed by atoms with Gasteiger partial charge in [0.25, 0.3) is 5.56 Å². The van der Waals surface area contributed by atoms with Gasteiger partial charge in [-0.25, -0.2) is 4.68 Å². The summed E-state index contributed by atoms with van der Waals surface area (Å²) in [6.45, 7) is 5.68. The second-order valence-electron chi connectivity index (χ2n) is 5.59. The lowest BCUT2D eigenvalue weighted by Gasteiger charge is -2.11. The van der Waals surface area contributed by atoms with Gasteiger partial charge in [-0.05, 0) is 46.7 Å². The Morgan fingerprint density at radius 2 is 2.05 bits per heavy atom. The Bertz CT molecular complexity index is 476. The maximum absolute atomic E-state index is 12.1. The summed E-state index contributed by atoms with van der Waals surface area (Å²) in [6.07, 6.45) is 8.80. The van der Waals surface area contributed by atoms with Crippen LogP contribution in [0.5, 0.6) is 0 Å². The Balaban J connectivity index is 2.42. The molecule has 1 aromatic heterocycles. The molecule has 21 heavy (non-hydrogen) atoms. The van der Waals surface area contributed by atoms with Crippen LogP contribution in [0.1, 0.15) is 39.5 Å². The Kier molecular flexibility index (Phi) is 9.08. The number of unbranched alkanes of at least 4 members (excludes halogenated alkanes) is 3. The average Bonchev–Trinajstić information content (AvgIpc) is 2.44. The van der Waals surface area contributed by atoms with E-state index in [4.69, 9.17) is 0 Å². The van der Waals surface area contributed by atoms with Crippen LogP contribution in [0.25, 0.3) is 0 Å². The quantitative estimate of drug-likeness (QED) is 0.627. The third kappa shape index (κ3) is 6.87. The van der Waals surface area contributed by atoms with Gasteiger partial charge in [0.05, 0.1) is 11.9 Å². The summed E-state index contributed by atoms with van der Waals surface area (Å²) in [5.74, 6) is 1.65. The number of nitrogens with one attached hydrogen (secondary N) is 1. The van der Waals surface area contributed by atoms with Crippen molar-refractivity contribution in [2.24, 2.45) is 5.92 Å². The highest BCUT2D eigenvalue weighted by molar-refractivity contribution is 9.10. The lowest BCUT2D eigenvalue weighted by Crippen LogP contribution is -2.26. The van der Waals surface area contributed by atoms with Crippen molar-refractivity contribution in [2.75, 3.05) is 23.9 Å². The van der Waals surface area contributed by atoms with Crippen molar-refractivity contribution in [1.82, 2.24) is 9.78 Å². The summed E-state index contributed by atoms with van der Waals surface area (Å²) in [5.41, 5.74) is 0.734. The molecule has 0 radical (unpaired) electrons. The van der Waals surface area contributed by atoms with Crippen LogP contribution in [0.4, 0.5) is 5.69 Å². The minimum Gasteiger partial charge on any atom is -0.383 e. The molecule has 1 N–H and O–H groups in total. The first-order valence-electron chi connectivity index (χ1n) is 7.54. The molecule has 1 heterocycles. The van der Waals surface area contributed by atoms with Crippen LogP contribution in [0.3, 0.4) is 0 Å². The van der Waals surface area contributed by atoms with Crippen molar-refractivity contribution in [1.29, 1.82) is 0 Å². The number of hydrogen-bond donors (Lipinski definition) is 1. The van der Waals surface area contributed by atoms with Gasteiger partial charge in [0.15, 0.2) is 0 Å². The van der Waals surface area contributed by atoms with Gasteiger partial charge in [-0.3, -0.25) is 4.79 Å². The highest BCUT2D eigenvalue weighted by Gasteiger charge is 2.09. The van der Waals surface area contributed by atoms with Gasteiger partial charge in [0.2, 0.25) is 0 Å². The van der Waals surface area contributed by atoms with E-state index in [1.165, 1.54) is 29.7 Å². The van der Waals surface area contributed by atoms with Crippen molar-refractivity contribution >= 4 is 33.4 Å². The fraction of sp³-hybridized carbons (Fsp3) is 0.733. The minimum absolute atomic E-state index is 0.0614. The van der Waals surface area contributed by atoms with Gasteiger partial charge in [-0.1, -0.05) is 26.7 Å². The molecule has 0 bridgehead atoms. The molecule has 0 atom stereocenters. The maximum atomic E-state index is 12.1. The van der Waals surface area contributed by atoms with Crippen LogP contribution in [0.2, 0.25) is 0 Å². The highest BCUT2D eigenvalue weighted by atomic mass is 79.9.